The van der Waals surface area contributed by atoms with Crippen molar-refractivity contribution in [3.63, 3.8) is 0 Å². The summed E-state index contributed by atoms with van der Waals surface area (Å²) in [4.78, 5) is 26.6. The number of imidazole rings is 1. The van der Waals surface area contributed by atoms with Crippen LogP contribution in [0.1, 0.15) is 24.2 Å². The van der Waals surface area contributed by atoms with E-state index in [4.69, 9.17) is 4.74 Å². The number of carbonyl (C=O) groups excluding carboxylic acids is 1. The largest absolute Gasteiger partial charge is 0.368 e. The maximum atomic E-state index is 12.3. The minimum atomic E-state index is -0.344. The van der Waals surface area contributed by atoms with Crippen molar-refractivity contribution in [1.82, 2.24) is 20.2 Å². The number of nitrogens with zero attached hydrogens (tertiary/aromatic N) is 3. The van der Waals surface area contributed by atoms with Gasteiger partial charge in [-0.05, 0) is 36.1 Å². The second-order valence-electron chi connectivity index (χ2n) is 8.06. The summed E-state index contributed by atoms with van der Waals surface area (Å²) in [5.74, 6) is 1.53. The summed E-state index contributed by atoms with van der Waals surface area (Å²) in [5.41, 5.74) is 3.90. The van der Waals surface area contributed by atoms with Crippen molar-refractivity contribution in [2.45, 2.75) is 32.0 Å². The van der Waals surface area contributed by atoms with Gasteiger partial charge in [0.05, 0.1) is 18.4 Å². The van der Waals surface area contributed by atoms with Gasteiger partial charge in [-0.1, -0.05) is 42.5 Å². The zero-order chi connectivity index (χ0) is 23.0. The van der Waals surface area contributed by atoms with E-state index < -0.39 is 0 Å². The Morgan fingerprint density at radius 1 is 1.24 bits per heavy atom. The van der Waals surface area contributed by atoms with E-state index in [1.165, 1.54) is 0 Å². The molecule has 3 N–H and O–H groups in total. The van der Waals surface area contributed by atoms with E-state index in [2.05, 4.69) is 37.7 Å². The number of hydrogen-bond donors (Lipinski definition) is 3. The molecule has 33 heavy (non-hydrogen) atoms. The molecular formula is C25H30N6O2. The van der Waals surface area contributed by atoms with Gasteiger partial charge in [-0.3, -0.25) is 9.79 Å². The fourth-order valence-electron chi connectivity index (χ4n) is 3.84. The Bertz CT molecular complexity index is 1090. The molecule has 0 saturated carbocycles. The molecule has 0 aliphatic carbocycles. The molecule has 1 aromatic heterocycles. The molecule has 1 amide bonds. The van der Waals surface area contributed by atoms with Gasteiger partial charge < -0.3 is 25.3 Å². The highest BCUT2D eigenvalue weighted by Crippen LogP contribution is 2.18. The number of nitrogens with one attached hydrogen (secondary N) is 3. The van der Waals surface area contributed by atoms with Gasteiger partial charge in [-0.15, -0.1) is 0 Å². The summed E-state index contributed by atoms with van der Waals surface area (Å²) in [6, 6.07) is 17.9. The highest BCUT2D eigenvalue weighted by atomic mass is 16.5. The lowest BCUT2D eigenvalue weighted by Crippen LogP contribution is -2.38. The van der Waals surface area contributed by atoms with Crippen LogP contribution in [0.25, 0.3) is 11.3 Å². The number of amides is 1. The molecule has 1 unspecified atom stereocenters. The van der Waals surface area contributed by atoms with Gasteiger partial charge in [0.15, 0.2) is 5.96 Å². The third kappa shape index (κ3) is 5.98. The molecule has 8 nitrogen and oxygen atoms in total. The first-order chi connectivity index (χ1) is 16.1. The Morgan fingerprint density at radius 3 is 2.85 bits per heavy atom. The first kappa shape index (κ1) is 22.5. The average molecular weight is 447 g/mol. The number of aromatic nitrogens is 2. The van der Waals surface area contributed by atoms with Gasteiger partial charge in [-0.2, -0.15) is 0 Å². The first-order valence-electron chi connectivity index (χ1n) is 11.1. The van der Waals surface area contributed by atoms with Crippen LogP contribution in [0.4, 0.5) is 5.69 Å². The lowest BCUT2D eigenvalue weighted by Gasteiger charge is -2.21. The SMILES string of the molecule is CN=C(NCc1cccc(NC(=O)C2CCCO2)c1)N(C)Cc1ncc(-c2ccccc2)[nH]1. The Labute approximate surface area is 194 Å². The summed E-state index contributed by atoms with van der Waals surface area (Å²) in [6.45, 7) is 1.82. The number of anilines is 1. The van der Waals surface area contributed by atoms with Gasteiger partial charge in [0, 0.05) is 32.9 Å². The van der Waals surface area contributed by atoms with Gasteiger partial charge in [-0.25, -0.2) is 4.98 Å². The minimum Gasteiger partial charge on any atom is -0.368 e. The van der Waals surface area contributed by atoms with E-state index in [0.717, 1.165) is 47.1 Å². The smallest absolute Gasteiger partial charge is 0.253 e. The number of guanidine groups is 1. The third-order valence-corrected chi connectivity index (χ3v) is 5.54. The molecule has 0 radical (unpaired) electrons. The molecule has 0 spiro atoms. The highest BCUT2D eigenvalue weighted by molar-refractivity contribution is 5.94. The number of benzene rings is 2. The number of carbonyl (C=O) groups is 1. The normalized spacial score (nSPS) is 15.9. The molecular weight excluding hydrogens is 416 g/mol. The molecule has 1 atom stereocenters. The molecule has 2 aromatic carbocycles. The first-order valence-corrected chi connectivity index (χ1v) is 11.1. The maximum absolute atomic E-state index is 12.3. The Morgan fingerprint density at radius 2 is 2.09 bits per heavy atom. The van der Waals surface area contributed by atoms with Crippen molar-refractivity contribution in [2.24, 2.45) is 4.99 Å². The molecule has 2 heterocycles. The van der Waals surface area contributed by atoms with Crippen molar-refractivity contribution >= 4 is 17.6 Å². The van der Waals surface area contributed by atoms with Crippen molar-refractivity contribution in [1.29, 1.82) is 0 Å². The lowest BCUT2D eigenvalue weighted by molar-refractivity contribution is -0.124. The molecule has 1 fully saturated rings. The molecule has 1 saturated heterocycles. The van der Waals surface area contributed by atoms with Crippen LogP contribution in [0, 0.1) is 0 Å². The third-order valence-electron chi connectivity index (χ3n) is 5.54. The molecule has 1 aliphatic rings. The highest BCUT2D eigenvalue weighted by Gasteiger charge is 2.23. The van der Waals surface area contributed by atoms with Gasteiger partial charge in [0.25, 0.3) is 5.91 Å². The number of ether oxygens (including phenoxy) is 1. The Hall–Kier alpha value is -3.65. The number of aromatic amines is 1. The summed E-state index contributed by atoms with van der Waals surface area (Å²) < 4.78 is 5.46. The van der Waals surface area contributed by atoms with E-state index in [1.54, 1.807) is 7.05 Å². The molecule has 172 valence electrons. The zero-order valence-corrected chi connectivity index (χ0v) is 19.0. The molecule has 0 bridgehead atoms. The molecule has 8 heteroatoms. The van der Waals surface area contributed by atoms with E-state index in [9.17, 15) is 4.79 Å². The van der Waals surface area contributed by atoms with Crippen molar-refractivity contribution in [3.05, 3.63) is 72.2 Å². The predicted octanol–water partition coefficient (Wildman–Crippen LogP) is 3.40. The standard InChI is InChI=1S/C25H30N6O2/c1-26-25(31(2)17-23-27-16-21(30-23)19-9-4-3-5-10-19)28-15-18-8-6-11-20(14-18)29-24(32)22-12-7-13-33-22/h3-6,8-11,14,16,22H,7,12-13,15,17H2,1-2H3,(H,26,28)(H,27,30)(H,29,32). The van der Waals surface area contributed by atoms with Crippen molar-refractivity contribution < 1.29 is 9.53 Å². The number of H-pyrrole nitrogens is 1. The summed E-state index contributed by atoms with van der Waals surface area (Å²) >= 11 is 0. The van der Waals surface area contributed by atoms with E-state index in [0.29, 0.717) is 19.7 Å². The van der Waals surface area contributed by atoms with Crippen molar-refractivity contribution in [3.8, 4) is 11.3 Å². The van der Waals surface area contributed by atoms with Gasteiger partial charge in [0.2, 0.25) is 0 Å². The second kappa shape index (κ2) is 10.8. The van der Waals surface area contributed by atoms with Crippen LogP contribution in [0.3, 0.4) is 0 Å². The molecule has 3 aromatic rings. The Balaban J connectivity index is 1.32. The minimum absolute atomic E-state index is 0.0820. The van der Waals surface area contributed by atoms with E-state index in [-0.39, 0.29) is 12.0 Å². The monoisotopic (exact) mass is 446 g/mol. The Kier molecular flexibility index (Phi) is 7.36. The van der Waals surface area contributed by atoms with Crippen LogP contribution in [0.15, 0.2) is 65.8 Å². The average Bonchev–Trinajstić information content (AvgIpc) is 3.53. The van der Waals surface area contributed by atoms with Crippen LogP contribution in [0.5, 0.6) is 0 Å². The van der Waals surface area contributed by atoms with Crippen LogP contribution in [0.2, 0.25) is 0 Å². The van der Waals surface area contributed by atoms with Crippen LogP contribution >= 0.6 is 0 Å². The molecule has 4 rings (SSSR count). The summed E-state index contributed by atoms with van der Waals surface area (Å²) in [5, 5.41) is 6.33. The molecule has 1 aliphatic heterocycles. The summed E-state index contributed by atoms with van der Waals surface area (Å²) in [6.07, 6.45) is 3.21. The fraction of sp³-hybridized carbons (Fsp3) is 0.320. The number of aliphatic imine (C=N–C) groups is 1. The zero-order valence-electron chi connectivity index (χ0n) is 19.0. The topological polar surface area (TPSA) is 94.6 Å². The summed E-state index contributed by atoms with van der Waals surface area (Å²) in [7, 11) is 3.73. The quantitative estimate of drug-likeness (QED) is 0.382. The number of hydrogen-bond acceptors (Lipinski definition) is 4. The fourth-order valence-corrected chi connectivity index (χ4v) is 3.84. The number of rotatable bonds is 7. The van der Waals surface area contributed by atoms with Crippen molar-refractivity contribution in [2.75, 3.05) is 26.0 Å². The van der Waals surface area contributed by atoms with Crippen LogP contribution in [-0.2, 0) is 22.6 Å². The lowest BCUT2D eigenvalue weighted by atomic mass is 10.2. The maximum Gasteiger partial charge on any atom is 0.253 e. The van der Waals surface area contributed by atoms with Crippen LogP contribution in [-0.4, -0.2) is 53.5 Å². The van der Waals surface area contributed by atoms with Crippen LogP contribution < -0.4 is 10.6 Å². The second-order valence-corrected chi connectivity index (χ2v) is 8.06. The predicted molar refractivity (Wildman–Crippen MR) is 130 cm³/mol. The van der Waals surface area contributed by atoms with E-state index >= 15 is 0 Å². The van der Waals surface area contributed by atoms with E-state index in [1.807, 2.05) is 60.6 Å². The van der Waals surface area contributed by atoms with Gasteiger partial charge in [0.1, 0.15) is 11.9 Å². The van der Waals surface area contributed by atoms with Gasteiger partial charge >= 0.3 is 0 Å².